The number of nitrogens with zero attached hydrogens (tertiary/aromatic N) is 1. The molecule has 5 heteroatoms. The second-order valence-electron chi connectivity index (χ2n) is 6.54. The van der Waals surface area contributed by atoms with Crippen molar-refractivity contribution in [2.24, 2.45) is 10.9 Å². The molecule has 0 aromatic heterocycles. The average molecular weight is 352 g/mol. The van der Waals surface area contributed by atoms with Gasteiger partial charge in [-0.3, -0.25) is 5.32 Å². The first kappa shape index (κ1) is 19.4. The van der Waals surface area contributed by atoms with E-state index in [-0.39, 0.29) is 0 Å². The number of isocyanates is 1. The highest BCUT2D eigenvalue weighted by atomic mass is 16.5. The highest BCUT2D eigenvalue weighted by molar-refractivity contribution is 5.84. The molecule has 136 valence electrons. The summed E-state index contributed by atoms with van der Waals surface area (Å²) in [5.74, 6) is 0.614. The summed E-state index contributed by atoms with van der Waals surface area (Å²) in [5, 5.41) is 2.73. The molecule has 0 saturated carbocycles. The zero-order valence-electron chi connectivity index (χ0n) is 15.2. The van der Waals surface area contributed by atoms with Gasteiger partial charge in [0.25, 0.3) is 0 Å². The summed E-state index contributed by atoms with van der Waals surface area (Å²) in [6.45, 7) is 4.73. The van der Waals surface area contributed by atoms with Gasteiger partial charge in [-0.15, -0.1) is 0 Å². The van der Waals surface area contributed by atoms with Crippen molar-refractivity contribution in [2.45, 2.75) is 33.1 Å². The van der Waals surface area contributed by atoms with Gasteiger partial charge >= 0.3 is 6.09 Å². The van der Waals surface area contributed by atoms with Crippen LogP contribution < -0.4 is 5.32 Å². The van der Waals surface area contributed by atoms with Crippen molar-refractivity contribution >= 4 is 23.5 Å². The smallest absolute Gasteiger partial charge is 0.411 e. The van der Waals surface area contributed by atoms with Crippen LogP contribution in [0.25, 0.3) is 0 Å². The third-order valence-corrected chi connectivity index (χ3v) is 3.88. The molecular weight excluding hydrogens is 328 g/mol. The first-order chi connectivity index (χ1) is 12.6. The van der Waals surface area contributed by atoms with Gasteiger partial charge in [0.2, 0.25) is 6.08 Å². The van der Waals surface area contributed by atoms with Gasteiger partial charge in [-0.1, -0.05) is 38.1 Å². The first-order valence-electron chi connectivity index (χ1n) is 8.76. The largest absolute Gasteiger partial charge is 0.449 e. The Balaban J connectivity index is 1.81. The Kier molecular flexibility index (Phi) is 7.59. The number of anilines is 1. The third-order valence-electron chi connectivity index (χ3n) is 3.88. The highest BCUT2D eigenvalue weighted by Gasteiger charge is 2.04. The van der Waals surface area contributed by atoms with Gasteiger partial charge in [0, 0.05) is 5.69 Å². The van der Waals surface area contributed by atoms with Crippen LogP contribution >= 0.6 is 0 Å². The summed E-state index contributed by atoms with van der Waals surface area (Å²) < 4.78 is 5.17. The SMILES string of the molecule is CC(C)CCCOC(=O)Nc1ccc(Cc2ccc(N=C=O)cc2)cc1. The number of aliphatic imine (C=N–C) groups is 1. The van der Waals surface area contributed by atoms with Gasteiger partial charge in [-0.25, -0.2) is 9.59 Å². The van der Waals surface area contributed by atoms with E-state index in [9.17, 15) is 9.59 Å². The third kappa shape index (κ3) is 6.91. The Hall–Kier alpha value is -2.91. The van der Waals surface area contributed by atoms with Gasteiger partial charge in [0.1, 0.15) is 0 Å². The molecule has 0 aliphatic heterocycles. The van der Waals surface area contributed by atoms with Crippen molar-refractivity contribution in [3.05, 3.63) is 59.7 Å². The Bertz CT molecular complexity index is 746. The number of hydrogen-bond acceptors (Lipinski definition) is 4. The van der Waals surface area contributed by atoms with E-state index in [0.29, 0.717) is 23.9 Å². The summed E-state index contributed by atoms with van der Waals surface area (Å²) in [6.07, 6.45) is 3.78. The van der Waals surface area contributed by atoms with Crippen LogP contribution in [0.1, 0.15) is 37.8 Å². The van der Waals surface area contributed by atoms with Gasteiger partial charge in [-0.05, 0) is 60.6 Å². The molecule has 5 nitrogen and oxygen atoms in total. The maximum absolute atomic E-state index is 11.7. The van der Waals surface area contributed by atoms with Gasteiger partial charge in [0.05, 0.1) is 12.3 Å². The normalized spacial score (nSPS) is 10.3. The molecule has 0 unspecified atom stereocenters. The van der Waals surface area contributed by atoms with Crippen LogP contribution in [0, 0.1) is 5.92 Å². The molecule has 0 spiro atoms. The predicted molar refractivity (Wildman–Crippen MR) is 103 cm³/mol. The Morgan fingerprint density at radius 3 is 2.27 bits per heavy atom. The topological polar surface area (TPSA) is 67.8 Å². The monoisotopic (exact) mass is 352 g/mol. The van der Waals surface area contributed by atoms with Crippen LogP contribution in [-0.2, 0) is 16.0 Å². The maximum Gasteiger partial charge on any atom is 0.411 e. The van der Waals surface area contributed by atoms with Crippen LogP contribution in [0.5, 0.6) is 0 Å². The molecule has 0 bridgehead atoms. The molecule has 0 aliphatic rings. The van der Waals surface area contributed by atoms with Crippen molar-refractivity contribution < 1.29 is 14.3 Å². The average Bonchev–Trinajstić information content (AvgIpc) is 2.62. The van der Waals surface area contributed by atoms with Crippen LogP contribution in [0.4, 0.5) is 16.2 Å². The van der Waals surface area contributed by atoms with Gasteiger partial charge in [0.15, 0.2) is 0 Å². The molecule has 2 aromatic carbocycles. The summed E-state index contributed by atoms with van der Waals surface area (Å²) >= 11 is 0. The van der Waals surface area contributed by atoms with Crippen LogP contribution in [0.15, 0.2) is 53.5 Å². The van der Waals surface area contributed by atoms with Crippen molar-refractivity contribution in [3.63, 3.8) is 0 Å². The van der Waals surface area contributed by atoms with E-state index < -0.39 is 6.09 Å². The number of amides is 1. The fourth-order valence-corrected chi connectivity index (χ4v) is 2.49. The fraction of sp³-hybridized carbons (Fsp3) is 0.333. The number of benzene rings is 2. The summed E-state index contributed by atoms with van der Waals surface area (Å²) in [4.78, 5) is 25.5. The molecule has 2 aromatic rings. The molecule has 0 fully saturated rings. The van der Waals surface area contributed by atoms with Crippen molar-refractivity contribution in [1.82, 2.24) is 0 Å². The van der Waals surface area contributed by atoms with E-state index in [1.165, 1.54) is 6.08 Å². The molecular formula is C21H24N2O3. The number of hydrogen-bond donors (Lipinski definition) is 1. The van der Waals surface area contributed by atoms with Gasteiger partial charge < -0.3 is 4.74 Å². The van der Waals surface area contributed by atoms with E-state index in [1.807, 2.05) is 36.4 Å². The number of ether oxygens (including phenoxy) is 1. The minimum atomic E-state index is -0.423. The standard InChI is InChI=1S/C21H24N2O3/c1-16(2)4-3-13-26-21(25)23-20-11-7-18(8-12-20)14-17-5-9-19(10-6-17)22-15-24/h5-12,16H,3-4,13-14H2,1-2H3,(H,23,25). The summed E-state index contributed by atoms with van der Waals surface area (Å²) in [6, 6.07) is 15.1. The van der Waals surface area contributed by atoms with Crippen LogP contribution in [-0.4, -0.2) is 18.8 Å². The molecule has 0 atom stereocenters. The zero-order valence-corrected chi connectivity index (χ0v) is 15.2. The minimum absolute atomic E-state index is 0.423. The Morgan fingerprint density at radius 1 is 1.08 bits per heavy atom. The molecule has 1 amide bonds. The molecule has 2 rings (SSSR count). The lowest BCUT2D eigenvalue weighted by molar-refractivity contribution is 0.158. The second-order valence-corrected chi connectivity index (χ2v) is 6.54. The lowest BCUT2D eigenvalue weighted by atomic mass is 10.0. The number of rotatable bonds is 8. The fourth-order valence-electron chi connectivity index (χ4n) is 2.49. The quantitative estimate of drug-likeness (QED) is 0.402. The second kappa shape index (κ2) is 10.2. The molecule has 0 heterocycles. The Morgan fingerprint density at radius 2 is 1.69 bits per heavy atom. The lowest BCUT2D eigenvalue weighted by Gasteiger charge is -2.09. The van der Waals surface area contributed by atoms with Gasteiger partial charge in [-0.2, -0.15) is 4.99 Å². The maximum atomic E-state index is 11.7. The van der Waals surface area contributed by atoms with E-state index in [2.05, 4.69) is 24.2 Å². The molecule has 1 N–H and O–H groups in total. The number of carbonyl (C=O) groups excluding carboxylic acids is 2. The van der Waals surface area contributed by atoms with E-state index in [1.54, 1.807) is 12.1 Å². The van der Waals surface area contributed by atoms with E-state index in [0.717, 1.165) is 30.4 Å². The Labute approximate surface area is 154 Å². The first-order valence-corrected chi connectivity index (χ1v) is 8.76. The van der Waals surface area contributed by atoms with E-state index >= 15 is 0 Å². The molecule has 0 aliphatic carbocycles. The highest BCUT2D eigenvalue weighted by Crippen LogP contribution is 2.17. The van der Waals surface area contributed by atoms with Crippen molar-refractivity contribution in [2.75, 3.05) is 11.9 Å². The number of nitrogens with one attached hydrogen (secondary N) is 1. The van der Waals surface area contributed by atoms with Crippen molar-refractivity contribution in [3.8, 4) is 0 Å². The zero-order chi connectivity index (χ0) is 18.8. The molecule has 26 heavy (non-hydrogen) atoms. The molecule has 0 radical (unpaired) electrons. The summed E-state index contributed by atoms with van der Waals surface area (Å²) in [5.41, 5.74) is 3.53. The minimum Gasteiger partial charge on any atom is -0.449 e. The van der Waals surface area contributed by atoms with E-state index in [4.69, 9.17) is 4.74 Å². The number of carbonyl (C=O) groups is 1. The molecule has 0 saturated heterocycles. The predicted octanol–water partition coefficient (Wildman–Crippen LogP) is 5.23. The van der Waals surface area contributed by atoms with Crippen molar-refractivity contribution in [1.29, 1.82) is 0 Å². The summed E-state index contributed by atoms with van der Waals surface area (Å²) in [7, 11) is 0. The van der Waals surface area contributed by atoms with Crippen LogP contribution in [0.3, 0.4) is 0 Å². The van der Waals surface area contributed by atoms with Crippen LogP contribution in [0.2, 0.25) is 0 Å². The lowest BCUT2D eigenvalue weighted by Crippen LogP contribution is -2.14.